The van der Waals surface area contributed by atoms with Crippen LogP contribution in [0.4, 0.5) is 4.39 Å². The van der Waals surface area contributed by atoms with Crippen LogP contribution in [0.1, 0.15) is 10.5 Å². The van der Waals surface area contributed by atoms with Gasteiger partial charge in [0, 0.05) is 12.1 Å². The van der Waals surface area contributed by atoms with Crippen LogP contribution >= 0.6 is 11.6 Å². The summed E-state index contributed by atoms with van der Waals surface area (Å²) in [6.07, 6.45) is 0. The van der Waals surface area contributed by atoms with Crippen LogP contribution in [0.15, 0.2) is 18.2 Å². The summed E-state index contributed by atoms with van der Waals surface area (Å²) in [5.41, 5.74) is -0.0808. The van der Waals surface area contributed by atoms with E-state index in [0.29, 0.717) is 5.39 Å². The predicted molar refractivity (Wildman–Crippen MR) is 60.2 cm³/mol. The second kappa shape index (κ2) is 4.18. The Morgan fingerprint density at radius 1 is 1.47 bits per heavy atom. The van der Waals surface area contributed by atoms with Gasteiger partial charge in [-0.1, -0.05) is 11.6 Å². The number of rotatable bonds is 2. The molecule has 0 aliphatic carbocycles. The zero-order chi connectivity index (χ0) is 12.6. The first-order valence-electron chi connectivity index (χ1n) is 4.60. The Morgan fingerprint density at radius 2 is 2.18 bits per heavy atom. The molecule has 0 aliphatic rings. The van der Waals surface area contributed by atoms with E-state index in [9.17, 15) is 9.18 Å². The maximum atomic E-state index is 13.2. The molecule has 17 heavy (non-hydrogen) atoms. The summed E-state index contributed by atoms with van der Waals surface area (Å²) in [5, 5.41) is 9.37. The fourth-order valence-electron chi connectivity index (χ4n) is 1.52. The van der Waals surface area contributed by atoms with Crippen molar-refractivity contribution in [2.24, 2.45) is 0 Å². The van der Waals surface area contributed by atoms with Crippen LogP contribution in [-0.4, -0.2) is 23.2 Å². The zero-order valence-corrected chi connectivity index (χ0v) is 9.45. The zero-order valence-electron chi connectivity index (χ0n) is 8.70. The van der Waals surface area contributed by atoms with Crippen LogP contribution in [0.3, 0.4) is 0 Å². The number of hydrogen-bond donors (Lipinski definition) is 1. The van der Waals surface area contributed by atoms with Gasteiger partial charge in [-0.3, -0.25) is 0 Å². The number of aromatic nitrogens is 1. The Kier molecular flexibility index (Phi) is 2.85. The Bertz CT molecular complexity index is 615. The third-order valence-corrected chi connectivity index (χ3v) is 2.53. The molecule has 1 heterocycles. The number of ether oxygens (including phenoxy) is 1. The number of halogens is 2. The molecule has 0 aliphatic heterocycles. The molecule has 0 amide bonds. The average Bonchev–Trinajstić information content (AvgIpc) is 2.26. The largest absolute Gasteiger partial charge is 0.496 e. The van der Waals surface area contributed by atoms with Crippen molar-refractivity contribution in [2.45, 2.75) is 0 Å². The fraction of sp³-hybridized carbons (Fsp3) is 0.0909. The number of fused-ring (bicyclic) bond motifs is 1. The number of carboxylic acids is 1. The highest BCUT2D eigenvalue weighted by Gasteiger charge is 2.14. The Morgan fingerprint density at radius 3 is 2.76 bits per heavy atom. The van der Waals surface area contributed by atoms with Crippen LogP contribution in [0.2, 0.25) is 5.02 Å². The Balaban J connectivity index is 2.87. The minimum absolute atomic E-state index is 0.126. The van der Waals surface area contributed by atoms with Crippen LogP contribution in [0, 0.1) is 5.82 Å². The third kappa shape index (κ3) is 2.01. The fourth-order valence-corrected chi connectivity index (χ4v) is 1.82. The second-order valence-electron chi connectivity index (χ2n) is 3.30. The predicted octanol–water partition coefficient (Wildman–Crippen LogP) is 2.73. The molecule has 0 atom stereocenters. The minimum Gasteiger partial charge on any atom is -0.496 e. The molecule has 1 aromatic carbocycles. The van der Waals surface area contributed by atoms with Crippen molar-refractivity contribution >= 4 is 28.5 Å². The van der Waals surface area contributed by atoms with E-state index in [-0.39, 0.29) is 22.0 Å². The van der Waals surface area contributed by atoms with Gasteiger partial charge >= 0.3 is 5.97 Å². The number of benzene rings is 1. The molecule has 88 valence electrons. The van der Waals surface area contributed by atoms with Crippen molar-refractivity contribution in [3.63, 3.8) is 0 Å². The van der Waals surface area contributed by atoms with Gasteiger partial charge in [-0.05, 0) is 6.07 Å². The maximum Gasteiger partial charge on any atom is 0.354 e. The van der Waals surface area contributed by atoms with Gasteiger partial charge in [0.15, 0.2) is 5.69 Å². The number of hydrogen-bond acceptors (Lipinski definition) is 3. The number of aromatic carboxylic acids is 1. The van der Waals surface area contributed by atoms with Crippen LogP contribution in [0.5, 0.6) is 5.75 Å². The molecule has 4 nitrogen and oxygen atoms in total. The van der Waals surface area contributed by atoms with E-state index in [2.05, 4.69) is 4.98 Å². The molecule has 0 spiro atoms. The summed E-state index contributed by atoms with van der Waals surface area (Å²) in [6, 6.07) is 3.47. The van der Waals surface area contributed by atoms with Gasteiger partial charge in [0.1, 0.15) is 11.6 Å². The SMILES string of the molecule is COc1cc(C(=O)O)nc2cc(F)cc(Cl)c12. The summed E-state index contributed by atoms with van der Waals surface area (Å²) < 4.78 is 18.2. The molecule has 2 rings (SSSR count). The van der Waals surface area contributed by atoms with E-state index in [1.165, 1.54) is 13.2 Å². The van der Waals surface area contributed by atoms with Crippen molar-refractivity contribution in [1.29, 1.82) is 0 Å². The van der Waals surface area contributed by atoms with Crippen molar-refractivity contribution in [3.05, 3.63) is 34.7 Å². The van der Waals surface area contributed by atoms with Crippen LogP contribution < -0.4 is 4.74 Å². The number of methoxy groups -OCH3 is 1. The van der Waals surface area contributed by atoms with Crippen LogP contribution in [0.25, 0.3) is 10.9 Å². The summed E-state index contributed by atoms with van der Waals surface area (Å²) in [6.45, 7) is 0. The highest BCUT2D eigenvalue weighted by Crippen LogP contribution is 2.32. The van der Waals surface area contributed by atoms with Gasteiger partial charge in [-0.25, -0.2) is 14.2 Å². The molecule has 0 saturated heterocycles. The monoisotopic (exact) mass is 255 g/mol. The molecule has 6 heteroatoms. The molecule has 0 unspecified atom stereocenters. The van der Waals surface area contributed by atoms with Crippen molar-refractivity contribution in [2.75, 3.05) is 7.11 Å². The number of pyridine rings is 1. The Labute approximate surface area is 101 Å². The molecular weight excluding hydrogens is 249 g/mol. The van der Waals surface area contributed by atoms with Crippen molar-refractivity contribution in [3.8, 4) is 5.75 Å². The number of carbonyl (C=O) groups is 1. The molecule has 0 bridgehead atoms. The van der Waals surface area contributed by atoms with Crippen LogP contribution in [-0.2, 0) is 0 Å². The first-order chi connectivity index (χ1) is 8.02. The molecule has 1 aromatic heterocycles. The maximum absolute atomic E-state index is 13.2. The lowest BCUT2D eigenvalue weighted by molar-refractivity contribution is 0.0690. The molecule has 1 N–H and O–H groups in total. The molecule has 0 saturated carbocycles. The standard InChI is InChI=1S/C11H7ClFNO3/c1-17-9-4-8(11(15)16)14-7-3-5(13)2-6(12)10(7)9/h2-4H,1H3,(H,15,16). The van der Waals surface area contributed by atoms with Crippen molar-refractivity contribution in [1.82, 2.24) is 4.98 Å². The second-order valence-corrected chi connectivity index (χ2v) is 3.70. The molecule has 0 fully saturated rings. The van der Waals surface area contributed by atoms with Gasteiger partial charge in [0.25, 0.3) is 0 Å². The minimum atomic E-state index is -1.22. The topological polar surface area (TPSA) is 59.4 Å². The highest BCUT2D eigenvalue weighted by molar-refractivity contribution is 6.36. The van der Waals surface area contributed by atoms with Gasteiger partial charge in [-0.15, -0.1) is 0 Å². The normalized spacial score (nSPS) is 10.5. The molecular formula is C11H7ClFNO3. The third-order valence-electron chi connectivity index (χ3n) is 2.23. The van der Waals surface area contributed by atoms with E-state index in [0.717, 1.165) is 12.1 Å². The lowest BCUT2D eigenvalue weighted by Crippen LogP contribution is -2.02. The Hall–Kier alpha value is -1.88. The quantitative estimate of drug-likeness (QED) is 0.896. The van der Waals surface area contributed by atoms with E-state index in [4.69, 9.17) is 21.4 Å². The number of nitrogens with zero attached hydrogens (tertiary/aromatic N) is 1. The van der Waals surface area contributed by atoms with E-state index < -0.39 is 11.8 Å². The summed E-state index contributed by atoms with van der Waals surface area (Å²) in [4.78, 5) is 14.6. The van der Waals surface area contributed by atoms with Gasteiger partial charge < -0.3 is 9.84 Å². The summed E-state index contributed by atoms with van der Waals surface area (Å²) in [7, 11) is 1.38. The van der Waals surface area contributed by atoms with E-state index in [1.54, 1.807) is 0 Å². The summed E-state index contributed by atoms with van der Waals surface area (Å²) >= 11 is 5.87. The smallest absolute Gasteiger partial charge is 0.354 e. The average molecular weight is 256 g/mol. The number of carboxylic acid groups (broad SMARTS) is 1. The highest BCUT2D eigenvalue weighted by atomic mass is 35.5. The van der Waals surface area contributed by atoms with E-state index in [1.807, 2.05) is 0 Å². The summed E-state index contributed by atoms with van der Waals surface area (Å²) in [5.74, 6) is -1.55. The molecule has 2 aromatic rings. The van der Waals surface area contributed by atoms with Crippen molar-refractivity contribution < 1.29 is 19.0 Å². The lowest BCUT2D eigenvalue weighted by Gasteiger charge is -2.08. The first kappa shape index (κ1) is 11.6. The van der Waals surface area contributed by atoms with Gasteiger partial charge in [0.05, 0.1) is 23.0 Å². The first-order valence-corrected chi connectivity index (χ1v) is 4.98. The lowest BCUT2D eigenvalue weighted by atomic mass is 10.1. The molecule has 0 radical (unpaired) electrons. The van der Waals surface area contributed by atoms with E-state index >= 15 is 0 Å². The van der Waals surface area contributed by atoms with Gasteiger partial charge in [0.2, 0.25) is 0 Å². The van der Waals surface area contributed by atoms with Gasteiger partial charge in [-0.2, -0.15) is 0 Å².